The zero-order valence-electron chi connectivity index (χ0n) is 13.9. The summed E-state index contributed by atoms with van der Waals surface area (Å²) in [6, 6.07) is 0. The number of hydrogen-bond donors (Lipinski definition) is 0. The predicted octanol–water partition coefficient (Wildman–Crippen LogP) is 1.80. The van der Waals surface area contributed by atoms with Crippen LogP contribution in [0.4, 0.5) is 0 Å². The fraction of sp³-hybridized carbons (Fsp3) is 0.857. The minimum atomic E-state index is -1.61. The Morgan fingerprint density at radius 3 is 2.04 bits per heavy atom. The summed E-state index contributed by atoms with van der Waals surface area (Å²) in [4.78, 5) is 22.7. The number of ether oxygens (including phenoxy) is 2. The quantitative estimate of drug-likeness (QED) is 0.277. The zero-order valence-corrected chi connectivity index (χ0v) is 15.5. The second-order valence-corrected chi connectivity index (χ2v) is 7.62. The molecular weight excluding hydrogens is 344 g/mol. The van der Waals surface area contributed by atoms with Gasteiger partial charge in [-0.05, 0) is 37.9 Å². The number of rotatable bonds is 13. The third-order valence-electron chi connectivity index (χ3n) is 2.51. The molecule has 0 fully saturated rings. The molecule has 0 aliphatic heterocycles. The first kappa shape index (κ1) is 22.4. The molecule has 0 aliphatic rings. The molecule has 9 heteroatoms. The average Bonchev–Trinajstić information content (AvgIpc) is 2.45. The summed E-state index contributed by atoms with van der Waals surface area (Å²) < 4.78 is 36.6. The lowest BCUT2D eigenvalue weighted by atomic mass is 10.1. The Hall–Kier alpha value is -0.640. The highest BCUT2D eigenvalue weighted by atomic mass is 32.2. The third-order valence-corrected chi connectivity index (χ3v) is 3.87. The lowest BCUT2D eigenvalue weighted by Crippen LogP contribution is -2.14. The van der Waals surface area contributed by atoms with Crippen molar-refractivity contribution in [1.29, 1.82) is 0 Å². The Balaban J connectivity index is 3.48. The van der Waals surface area contributed by atoms with Crippen molar-refractivity contribution in [2.24, 2.45) is 0 Å². The Morgan fingerprint density at radius 1 is 1.04 bits per heavy atom. The van der Waals surface area contributed by atoms with Gasteiger partial charge in [-0.1, -0.05) is 12.8 Å². The highest BCUT2D eigenvalue weighted by Gasteiger charge is 2.09. The summed E-state index contributed by atoms with van der Waals surface area (Å²) in [7, 11) is 0. The molecule has 0 spiro atoms. The molecule has 0 amide bonds. The second kappa shape index (κ2) is 13.8. The molecule has 0 aliphatic carbocycles. The molecule has 2 atom stereocenters. The van der Waals surface area contributed by atoms with E-state index in [2.05, 4.69) is 0 Å². The maximum atomic E-state index is 11.4. The summed E-state index contributed by atoms with van der Waals surface area (Å²) in [5, 5.41) is 0. The molecule has 23 heavy (non-hydrogen) atoms. The van der Waals surface area contributed by atoms with Gasteiger partial charge in [-0.25, -0.2) is 4.21 Å². The van der Waals surface area contributed by atoms with E-state index in [9.17, 15) is 18.4 Å². The van der Waals surface area contributed by atoms with Crippen LogP contribution in [0.1, 0.15) is 52.4 Å². The minimum absolute atomic E-state index is 0.0629. The smallest absolute Gasteiger partial charge is 0.309 e. The monoisotopic (exact) mass is 370 g/mol. The summed E-state index contributed by atoms with van der Waals surface area (Å²) >= 11 is -2.74. The maximum absolute atomic E-state index is 11.4. The Labute approximate surface area is 143 Å². The molecule has 0 bridgehead atoms. The van der Waals surface area contributed by atoms with Crippen molar-refractivity contribution in [2.75, 3.05) is 18.1 Å². The lowest BCUT2D eigenvalue weighted by molar-refractivity contribution is -0.142. The summed E-state index contributed by atoms with van der Waals surface area (Å²) in [5.41, 5.74) is 0. The van der Waals surface area contributed by atoms with E-state index in [0.717, 1.165) is 12.8 Å². The topological polar surface area (TPSA) is 102 Å². The van der Waals surface area contributed by atoms with Crippen LogP contribution >= 0.6 is 0 Å². The Kier molecular flexibility index (Phi) is 13.4. The predicted molar refractivity (Wildman–Crippen MR) is 88.0 cm³/mol. The summed E-state index contributed by atoms with van der Waals surface area (Å²) in [6.07, 6.45) is 4.70. The minimum Gasteiger partial charge on any atom is -0.614 e. The van der Waals surface area contributed by atoms with E-state index in [1.165, 1.54) is 6.26 Å². The largest absolute Gasteiger partial charge is 0.614 e. The fourth-order valence-corrected chi connectivity index (χ4v) is 2.55. The van der Waals surface area contributed by atoms with E-state index in [4.69, 9.17) is 13.7 Å². The van der Waals surface area contributed by atoms with Crippen molar-refractivity contribution in [3.05, 3.63) is 0 Å². The lowest BCUT2D eigenvalue weighted by Gasteiger charge is -2.07. The van der Waals surface area contributed by atoms with Crippen LogP contribution in [0.3, 0.4) is 0 Å². The fourth-order valence-electron chi connectivity index (χ4n) is 1.54. The van der Waals surface area contributed by atoms with Crippen molar-refractivity contribution < 1.29 is 32.0 Å². The zero-order chi connectivity index (χ0) is 17.7. The number of carbonyl (C=O) groups is 2. The van der Waals surface area contributed by atoms with Crippen LogP contribution in [0.25, 0.3) is 0 Å². The van der Waals surface area contributed by atoms with Crippen LogP contribution in [0, 0.1) is 0 Å². The van der Waals surface area contributed by atoms with Crippen LogP contribution in [0.5, 0.6) is 0 Å². The molecule has 0 aromatic carbocycles. The molecule has 2 unspecified atom stereocenters. The van der Waals surface area contributed by atoms with E-state index in [1.54, 1.807) is 13.8 Å². The van der Waals surface area contributed by atoms with E-state index in [1.807, 2.05) is 0 Å². The molecular formula is C14H26O7S2. The van der Waals surface area contributed by atoms with Crippen LogP contribution in [-0.2, 0) is 45.5 Å². The van der Waals surface area contributed by atoms with Gasteiger partial charge >= 0.3 is 11.9 Å². The molecule has 0 radical (unpaired) electrons. The first-order chi connectivity index (χ1) is 10.8. The van der Waals surface area contributed by atoms with Crippen LogP contribution < -0.4 is 0 Å². The van der Waals surface area contributed by atoms with Gasteiger partial charge in [0, 0.05) is 12.8 Å². The molecule has 136 valence electrons. The van der Waals surface area contributed by atoms with Gasteiger partial charge in [0.25, 0.3) is 0 Å². The highest BCUT2D eigenvalue weighted by Crippen LogP contribution is 2.07. The van der Waals surface area contributed by atoms with Gasteiger partial charge in [0.1, 0.15) is 0 Å². The highest BCUT2D eigenvalue weighted by molar-refractivity contribution is 7.90. The normalized spacial score (nSPS) is 13.6. The van der Waals surface area contributed by atoms with Crippen LogP contribution in [-0.4, -0.2) is 44.9 Å². The van der Waals surface area contributed by atoms with Crippen molar-refractivity contribution >= 4 is 34.2 Å². The Bertz CT molecular complexity index is 372. The summed E-state index contributed by atoms with van der Waals surface area (Å²) in [5.74, 6) is -1.07. The molecule has 0 saturated heterocycles. The van der Waals surface area contributed by atoms with Gasteiger partial charge in [0.05, 0.1) is 12.4 Å². The van der Waals surface area contributed by atoms with Gasteiger partial charge in [-0.2, -0.15) is 0 Å². The first-order valence-corrected chi connectivity index (χ1v) is 10.4. The molecule has 0 saturated carbocycles. The molecule has 0 heterocycles. The van der Waals surface area contributed by atoms with E-state index in [0.29, 0.717) is 12.8 Å². The van der Waals surface area contributed by atoms with Crippen molar-refractivity contribution in [3.63, 3.8) is 0 Å². The SMILES string of the molecule is CC(C)OS(=O)COC(=O)CCCCCCC(=O)OC[S+](C)[O-]. The number of unbranched alkanes of at least 4 members (excludes halogenated alkanes) is 3. The summed E-state index contributed by atoms with van der Waals surface area (Å²) in [6.45, 7) is 3.49. The van der Waals surface area contributed by atoms with E-state index < -0.39 is 28.2 Å². The van der Waals surface area contributed by atoms with Gasteiger partial charge < -0.3 is 14.0 Å². The van der Waals surface area contributed by atoms with Gasteiger partial charge in [0.2, 0.25) is 5.94 Å². The Morgan fingerprint density at radius 2 is 1.57 bits per heavy atom. The van der Waals surface area contributed by atoms with Crippen LogP contribution in [0.15, 0.2) is 0 Å². The molecule has 7 nitrogen and oxygen atoms in total. The van der Waals surface area contributed by atoms with Gasteiger partial charge in [0.15, 0.2) is 17.0 Å². The number of esters is 2. The third kappa shape index (κ3) is 16.0. The molecule has 0 aromatic rings. The van der Waals surface area contributed by atoms with Gasteiger partial charge in [-0.15, -0.1) is 0 Å². The average molecular weight is 370 g/mol. The maximum Gasteiger partial charge on any atom is 0.309 e. The molecule has 0 N–H and O–H groups in total. The number of carbonyl (C=O) groups excluding carboxylic acids is 2. The van der Waals surface area contributed by atoms with Crippen molar-refractivity contribution in [3.8, 4) is 0 Å². The standard InChI is InChI=1S/C14H26O7S2/c1-12(2)21-23(18)11-20-14(16)9-7-5-4-6-8-13(15)19-10-22(3)17/h12H,4-11H2,1-3H3. The number of hydrogen-bond acceptors (Lipinski definition) is 7. The van der Waals surface area contributed by atoms with E-state index >= 15 is 0 Å². The first-order valence-electron chi connectivity index (χ1n) is 7.48. The van der Waals surface area contributed by atoms with E-state index in [-0.39, 0.29) is 36.8 Å². The van der Waals surface area contributed by atoms with Crippen LogP contribution in [0.2, 0.25) is 0 Å². The van der Waals surface area contributed by atoms with Gasteiger partial charge in [-0.3, -0.25) is 13.8 Å². The molecule has 0 rings (SSSR count). The molecule has 0 aromatic heterocycles. The van der Waals surface area contributed by atoms with Crippen molar-refractivity contribution in [2.45, 2.75) is 58.5 Å². The second-order valence-electron chi connectivity index (χ2n) is 5.20. The van der Waals surface area contributed by atoms with Crippen molar-refractivity contribution in [1.82, 2.24) is 0 Å².